The van der Waals surface area contributed by atoms with Crippen molar-refractivity contribution in [3.05, 3.63) is 101 Å². The maximum absolute atomic E-state index is 13.8. The summed E-state index contributed by atoms with van der Waals surface area (Å²) in [5.41, 5.74) is 8.05. The van der Waals surface area contributed by atoms with E-state index >= 15 is 0 Å². The van der Waals surface area contributed by atoms with Crippen molar-refractivity contribution in [1.29, 1.82) is 0 Å². The zero-order valence-corrected chi connectivity index (χ0v) is 21.3. The van der Waals surface area contributed by atoms with E-state index in [2.05, 4.69) is 52.8 Å². The highest BCUT2D eigenvalue weighted by molar-refractivity contribution is 6.32. The van der Waals surface area contributed by atoms with Gasteiger partial charge in [0, 0.05) is 30.8 Å². The zero-order chi connectivity index (χ0) is 24.8. The maximum Gasteiger partial charge on any atom is 0.253 e. The monoisotopic (exact) mass is 464 g/mol. The van der Waals surface area contributed by atoms with Crippen LogP contribution < -0.4 is 5.46 Å². The number of carbonyl (C=O) groups is 1. The summed E-state index contributed by atoms with van der Waals surface area (Å²) in [7, 11) is 5.88. The summed E-state index contributed by atoms with van der Waals surface area (Å²) in [6, 6.07) is 18.5. The summed E-state index contributed by atoms with van der Waals surface area (Å²) in [6.45, 7) is 10.0. The molecule has 1 unspecified atom stereocenters. The molecular weight excluding hydrogens is 427 g/mol. The molecular formula is C31H37BN2O. The minimum Gasteiger partial charge on any atom is -0.350 e. The molecule has 2 radical (unpaired) electrons. The van der Waals surface area contributed by atoms with Gasteiger partial charge in [-0.15, -0.1) is 0 Å². The van der Waals surface area contributed by atoms with E-state index in [4.69, 9.17) is 7.85 Å². The maximum atomic E-state index is 13.8. The fraction of sp³-hybridized carbons (Fsp3) is 0.387. The van der Waals surface area contributed by atoms with Crippen LogP contribution >= 0.6 is 0 Å². The van der Waals surface area contributed by atoms with Gasteiger partial charge in [0.15, 0.2) is 0 Å². The minimum atomic E-state index is -0.0511. The van der Waals surface area contributed by atoms with Crippen molar-refractivity contribution in [3.63, 3.8) is 0 Å². The molecule has 35 heavy (non-hydrogen) atoms. The van der Waals surface area contributed by atoms with Crippen LogP contribution in [0.25, 0.3) is 0 Å². The number of nitrogens with zero attached hydrogens (tertiary/aromatic N) is 2. The van der Waals surface area contributed by atoms with E-state index in [0.29, 0.717) is 6.54 Å². The molecule has 3 nitrogen and oxygen atoms in total. The lowest BCUT2D eigenvalue weighted by molar-refractivity contribution is -0.135. The highest BCUT2D eigenvalue weighted by Gasteiger charge is 2.42. The van der Waals surface area contributed by atoms with Gasteiger partial charge < -0.3 is 9.80 Å². The largest absolute Gasteiger partial charge is 0.350 e. The van der Waals surface area contributed by atoms with Crippen molar-refractivity contribution < 1.29 is 4.79 Å². The van der Waals surface area contributed by atoms with Crippen molar-refractivity contribution in [3.8, 4) is 0 Å². The van der Waals surface area contributed by atoms with Gasteiger partial charge >= 0.3 is 0 Å². The summed E-state index contributed by atoms with van der Waals surface area (Å²) in [4.78, 5) is 18.3. The average molecular weight is 464 g/mol. The summed E-state index contributed by atoms with van der Waals surface area (Å²) in [5, 5.41) is 0. The Labute approximate surface area is 212 Å². The van der Waals surface area contributed by atoms with Crippen LogP contribution in [0.4, 0.5) is 0 Å². The van der Waals surface area contributed by atoms with E-state index in [1.54, 1.807) is 0 Å². The number of hydrogen-bond donors (Lipinski definition) is 0. The topological polar surface area (TPSA) is 23.6 Å². The number of benzene rings is 2. The van der Waals surface area contributed by atoms with Crippen LogP contribution in [0.1, 0.15) is 63.5 Å². The molecule has 0 aromatic heterocycles. The Morgan fingerprint density at radius 2 is 1.71 bits per heavy atom. The normalized spacial score (nSPS) is 21.2. The molecule has 0 bridgehead atoms. The van der Waals surface area contributed by atoms with Crippen LogP contribution in [0.15, 0.2) is 89.7 Å². The Morgan fingerprint density at radius 3 is 2.46 bits per heavy atom. The molecule has 1 amide bonds. The van der Waals surface area contributed by atoms with Gasteiger partial charge in [-0.05, 0) is 55.2 Å². The zero-order valence-electron chi connectivity index (χ0n) is 21.3. The van der Waals surface area contributed by atoms with Gasteiger partial charge in [0.25, 0.3) is 5.91 Å². The number of fused-ring (bicyclic) bond motifs is 2. The molecule has 2 aromatic rings. The number of rotatable bonds is 4. The van der Waals surface area contributed by atoms with Crippen LogP contribution in [0.5, 0.6) is 0 Å². The highest BCUT2D eigenvalue weighted by atomic mass is 16.2. The molecule has 0 saturated carbocycles. The van der Waals surface area contributed by atoms with E-state index in [0.717, 1.165) is 73.7 Å². The van der Waals surface area contributed by atoms with E-state index < -0.39 is 0 Å². The first-order chi connectivity index (χ1) is 17.1. The van der Waals surface area contributed by atoms with Gasteiger partial charge in [-0.2, -0.15) is 0 Å². The minimum absolute atomic E-state index is 0.0511. The molecule has 4 heteroatoms. The molecule has 1 saturated heterocycles. The number of amides is 1. The van der Waals surface area contributed by atoms with Crippen LogP contribution in [0.3, 0.4) is 0 Å². The molecule has 1 atom stereocenters. The van der Waals surface area contributed by atoms with E-state index in [9.17, 15) is 4.79 Å². The lowest BCUT2D eigenvalue weighted by Gasteiger charge is -2.48. The van der Waals surface area contributed by atoms with Crippen LogP contribution in [0.2, 0.25) is 0 Å². The number of allylic oxidation sites excluding steroid dienone is 2. The molecule has 3 aliphatic rings. The van der Waals surface area contributed by atoms with Crippen LogP contribution in [0, 0.1) is 0 Å². The third-order valence-electron chi connectivity index (χ3n) is 7.21. The third kappa shape index (κ3) is 5.64. The van der Waals surface area contributed by atoms with Crippen LogP contribution in [-0.4, -0.2) is 36.3 Å². The standard InChI is InChI=1S/C29H31BN2O.C2H6/c1-21-7-5-6-18-31-27-19-23(11-10-22-8-3-2-4-9-22)14-17-26(27)29(33)32(28(21)31)20-24-12-15-25(30)16-13-24;1-2/h2-4,8-9,11-13,15-16,28H,1,5-7,10,14,17-20H2;1-2H3/b23-11+;. The molecule has 2 aliphatic heterocycles. The van der Waals surface area contributed by atoms with Gasteiger partial charge in [0.05, 0.1) is 0 Å². The van der Waals surface area contributed by atoms with Crippen molar-refractivity contribution in [2.24, 2.45) is 0 Å². The third-order valence-corrected chi connectivity index (χ3v) is 7.21. The van der Waals surface area contributed by atoms with Gasteiger partial charge in [-0.25, -0.2) is 0 Å². The number of carbonyl (C=O) groups excluding carboxylic acids is 1. The second kappa shape index (κ2) is 11.6. The van der Waals surface area contributed by atoms with Crippen molar-refractivity contribution in [1.82, 2.24) is 9.80 Å². The predicted molar refractivity (Wildman–Crippen MR) is 146 cm³/mol. The second-order valence-corrected chi connectivity index (χ2v) is 9.51. The highest BCUT2D eigenvalue weighted by Crippen LogP contribution is 2.41. The average Bonchev–Trinajstić information content (AvgIpc) is 3.09. The first kappa shape index (κ1) is 25.1. The van der Waals surface area contributed by atoms with Crippen molar-refractivity contribution >= 4 is 19.2 Å². The molecule has 2 aromatic carbocycles. The summed E-state index contributed by atoms with van der Waals surface area (Å²) >= 11 is 0. The molecule has 0 N–H and O–H groups in total. The van der Waals surface area contributed by atoms with Gasteiger partial charge in [0.1, 0.15) is 14.0 Å². The SMILES string of the molecule is CC.[B]c1ccc(CN2C(=O)C3=C(C/C(=C/Cc4ccccc4)CC3)N3CCCCC(=C)C23)cc1. The molecule has 1 aliphatic carbocycles. The van der Waals surface area contributed by atoms with Gasteiger partial charge in [0.2, 0.25) is 0 Å². The number of hydrogen-bond acceptors (Lipinski definition) is 2. The van der Waals surface area contributed by atoms with Crippen LogP contribution in [-0.2, 0) is 17.8 Å². The van der Waals surface area contributed by atoms with Crippen molar-refractivity contribution in [2.75, 3.05) is 6.54 Å². The molecule has 1 fully saturated rings. The van der Waals surface area contributed by atoms with Gasteiger partial charge in [-0.3, -0.25) is 4.79 Å². The second-order valence-electron chi connectivity index (χ2n) is 9.51. The van der Waals surface area contributed by atoms with Crippen molar-refractivity contribution in [2.45, 2.75) is 71.5 Å². The fourth-order valence-electron chi connectivity index (χ4n) is 5.44. The lowest BCUT2D eigenvalue weighted by Crippen LogP contribution is -2.55. The Bertz CT molecular complexity index is 1100. The predicted octanol–water partition coefficient (Wildman–Crippen LogP) is 5.82. The smallest absolute Gasteiger partial charge is 0.253 e. The van der Waals surface area contributed by atoms with E-state index in [-0.39, 0.29) is 12.1 Å². The molecule has 2 heterocycles. The lowest BCUT2D eigenvalue weighted by atomic mass is 9.86. The molecule has 0 spiro atoms. The quantitative estimate of drug-likeness (QED) is 0.420. The Kier molecular flexibility index (Phi) is 8.33. The summed E-state index contributed by atoms with van der Waals surface area (Å²) in [6.07, 6.45) is 9.20. The molecule has 5 rings (SSSR count). The first-order valence-electron chi connectivity index (χ1n) is 13.1. The van der Waals surface area contributed by atoms with E-state index in [1.807, 2.05) is 38.1 Å². The summed E-state index contributed by atoms with van der Waals surface area (Å²) < 4.78 is 0. The summed E-state index contributed by atoms with van der Waals surface area (Å²) in [5.74, 6) is 0.188. The first-order valence-corrected chi connectivity index (χ1v) is 13.1. The Balaban J connectivity index is 0.00000141. The van der Waals surface area contributed by atoms with Gasteiger partial charge in [-0.1, -0.05) is 92.1 Å². The van der Waals surface area contributed by atoms with E-state index in [1.165, 1.54) is 16.8 Å². The Morgan fingerprint density at radius 1 is 0.971 bits per heavy atom. The molecule has 180 valence electrons. The Hall–Kier alpha value is -3.01. The fourth-order valence-corrected chi connectivity index (χ4v) is 5.44.